The largest absolute Gasteiger partial charge is 0.768 e. The Bertz CT molecular complexity index is 2230. The van der Waals surface area contributed by atoms with Crippen molar-refractivity contribution in [3.05, 3.63) is 119 Å². The fraction of sp³-hybridized carbons (Fsp3) is 0.413. The number of amides is 1. The Kier molecular flexibility index (Phi) is 16.0. The van der Waals surface area contributed by atoms with E-state index in [1.54, 1.807) is 23.9 Å². The Balaban J connectivity index is 1.07. The van der Waals surface area contributed by atoms with Crippen LogP contribution >= 0.6 is 23.4 Å². The van der Waals surface area contributed by atoms with Crippen LogP contribution in [0.4, 0.5) is 11.4 Å². The molecule has 60 heavy (non-hydrogen) atoms. The second-order valence-corrected chi connectivity index (χ2v) is 20.7. The molecule has 2 aliphatic rings. The SMILES string of the molecule is CCCN(C)CC[C@H](CSc1ccccc1)Nc1ccc(S(=O)(=O)NC(=O)c2ccc(N3CCN(CC4=C(c5ccc(Cl)cc5)CCC(C)(C)C4)CC3)cc2)cc1S(=O)[O-]. The molecule has 0 radical (unpaired) electrons. The van der Waals surface area contributed by atoms with Crippen LogP contribution in [0.15, 0.2) is 117 Å². The molecule has 10 nitrogen and oxygen atoms in total. The van der Waals surface area contributed by atoms with E-state index in [4.69, 9.17) is 11.6 Å². The number of nitrogens with one attached hydrogen (secondary N) is 2. The molecule has 0 spiro atoms. The minimum Gasteiger partial charge on any atom is -0.768 e. The van der Waals surface area contributed by atoms with Gasteiger partial charge in [0.15, 0.2) is 0 Å². The third-order valence-electron chi connectivity index (χ3n) is 11.3. The number of allylic oxidation sites excluding steroid dienone is 1. The number of benzene rings is 4. The number of nitrogens with zero attached hydrogens (tertiary/aromatic N) is 3. The molecule has 6 rings (SSSR count). The van der Waals surface area contributed by atoms with Crippen molar-refractivity contribution in [3.63, 3.8) is 0 Å². The maximum Gasteiger partial charge on any atom is 0.264 e. The predicted molar refractivity (Wildman–Crippen MR) is 246 cm³/mol. The fourth-order valence-corrected chi connectivity index (χ4v) is 10.7. The standard InChI is InChI=1S/C46H58ClN5O5S3/c1-5-24-50(4)25-22-38(33-58-40-9-7-6-8-10-40)48-43-20-19-41(30-44(43)59(54)55)60(56,57)49-45(53)35-13-17-39(18-14-35)52-28-26-51(27-29-52)32-36-31-46(2,3)23-21-42(36)34-11-15-37(47)16-12-34/h6-20,30,38,48H,5,21-29,31-33H2,1-4H3,(H,49,53)(H,54,55)/p-1/t38-/m1/s1. The molecule has 1 heterocycles. The number of anilines is 2. The van der Waals surface area contributed by atoms with Gasteiger partial charge in [0.2, 0.25) is 0 Å². The summed E-state index contributed by atoms with van der Waals surface area (Å²) in [5, 5.41) is 4.12. The fourth-order valence-electron chi connectivity index (χ4n) is 7.99. The van der Waals surface area contributed by atoms with Gasteiger partial charge in [0.1, 0.15) is 0 Å². The first-order chi connectivity index (χ1) is 28.7. The summed E-state index contributed by atoms with van der Waals surface area (Å²) in [5.41, 5.74) is 5.91. The second kappa shape index (κ2) is 20.9. The van der Waals surface area contributed by atoms with Gasteiger partial charge < -0.3 is 19.7 Å². The van der Waals surface area contributed by atoms with Crippen LogP contribution in [0.2, 0.25) is 5.02 Å². The molecule has 4 aromatic rings. The quantitative estimate of drug-likeness (QED) is 0.0740. The van der Waals surface area contributed by atoms with Gasteiger partial charge in [0.05, 0.1) is 4.90 Å². The van der Waals surface area contributed by atoms with E-state index in [9.17, 15) is 22.0 Å². The van der Waals surface area contributed by atoms with Crippen molar-refractivity contribution in [2.75, 3.05) is 68.8 Å². The molecule has 1 saturated heterocycles. The zero-order valence-electron chi connectivity index (χ0n) is 35.0. The lowest BCUT2D eigenvalue weighted by Gasteiger charge is -2.39. The van der Waals surface area contributed by atoms with Gasteiger partial charge in [0.25, 0.3) is 15.9 Å². The van der Waals surface area contributed by atoms with Gasteiger partial charge in [-0.3, -0.25) is 13.9 Å². The van der Waals surface area contributed by atoms with Crippen molar-refractivity contribution in [1.82, 2.24) is 14.5 Å². The summed E-state index contributed by atoms with van der Waals surface area (Å²) in [6.07, 6.45) is 5.05. The third kappa shape index (κ3) is 12.7. The van der Waals surface area contributed by atoms with Gasteiger partial charge >= 0.3 is 0 Å². The lowest BCUT2D eigenvalue weighted by molar-refractivity contribution is 0.0981. The molecular formula is C46H57ClN5O5S3-. The first-order valence-electron chi connectivity index (χ1n) is 20.7. The van der Waals surface area contributed by atoms with E-state index in [-0.39, 0.29) is 26.8 Å². The zero-order chi connectivity index (χ0) is 42.9. The molecule has 322 valence electrons. The average molecular weight is 892 g/mol. The molecule has 4 aromatic carbocycles. The van der Waals surface area contributed by atoms with Crippen LogP contribution in [-0.2, 0) is 21.1 Å². The molecule has 1 aliphatic carbocycles. The lowest BCUT2D eigenvalue weighted by atomic mass is 9.73. The maximum atomic E-state index is 13.5. The van der Waals surface area contributed by atoms with Gasteiger partial charge in [0, 0.05) is 76.3 Å². The highest BCUT2D eigenvalue weighted by Gasteiger charge is 2.30. The Labute approximate surface area is 368 Å². The van der Waals surface area contributed by atoms with Gasteiger partial charge in [-0.1, -0.05) is 68.3 Å². The molecule has 1 aliphatic heterocycles. The second-order valence-electron chi connectivity index (χ2n) is 16.6. The van der Waals surface area contributed by atoms with E-state index in [1.165, 1.54) is 28.8 Å². The zero-order valence-corrected chi connectivity index (χ0v) is 38.2. The van der Waals surface area contributed by atoms with Crippen molar-refractivity contribution < 1.29 is 22.0 Å². The normalized spacial score (nSPS) is 17.1. The summed E-state index contributed by atoms with van der Waals surface area (Å²) >= 11 is 5.11. The monoisotopic (exact) mass is 890 g/mol. The number of piperazine rings is 1. The summed E-state index contributed by atoms with van der Waals surface area (Å²) in [4.78, 5) is 20.9. The average Bonchev–Trinajstić information content (AvgIpc) is 3.22. The van der Waals surface area contributed by atoms with E-state index in [2.05, 4.69) is 64.7 Å². The Morgan fingerprint density at radius 3 is 2.33 bits per heavy atom. The number of hydrogen-bond donors (Lipinski definition) is 2. The number of carbonyl (C=O) groups is 1. The van der Waals surface area contributed by atoms with Gasteiger partial charge in [-0.25, -0.2) is 13.1 Å². The van der Waals surface area contributed by atoms with Crippen molar-refractivity contribution in [3.8, 4) is 0 Å². The van der Waals surface area contributed by atoms with Crippen LogP contribution < -0.4 is 14.9 Å². The molecule has 0 bridgehead atoms. The number of sulfonamides is 1. The predicted octanol–water partition coefficient (Wildman–Crippen LogP) is 8.79. The van der Waals surface area contributed by atoms with E-state index in [1.807, 2.05) is 54.6 Å². The summed E-state index contributed by atoms with van der Waals surface area (Å²) in [6, 6.07) is 28.9. The summed E-state index contributed by atoms with van der Waals surface area (Å²) < 4.78 is 54.0. The summed E-state index contributed by atoms with van der Waals surface area (Å²) in [7, 11) is -2.34. The van der Waals surface area contributed by atoms with Crippen LogP contribution in [0.1, 0.15) is 68.8 Å². The molecule has 1 fully saturated rings. The molecule has 1 unspecified atom stereocenters. The summed E-state index contributed by atoms with van der Waals surface area (Å²) in [5.74, 6) is -0.128. The van der Waals surface area contributed by atoms with Crippen LogP contribution in [0.25, 0.3) is 5.57 Å². The Hall–Kier alpha value is -3.69. The van der Waals surface area contributed by atoms with E-state index in [0.29, 0.717) is 11.4 Å². The van der Waals surface area contributed by atoms with Gasteiger partial charge in [-0.15, -0.1) is 11.8 Å². The Morgan fingerprint density at radius 1 is 0.967 bits per heavy atom. The van der Waals surface area contributed by atoms with E-state index in [0.717, 1.165) is 99.6 Å². The van der Waals surface area contributed by atoms with Gasteiger partial charge in [-0.2, -0.15) is 0 Å². The number of hydrogen-bond acceptors (Lipinski definition) is 10. The number of rotatable bonds is 18. The molecule has 0 aromatic heterocycles. The molecule has 14 heteroatoms. The number of halogens is 1. The van der Waals surface area contributed by atoms with Crippen LogP contribution in [0, 0.1) is 5.41 Å². The summed E-state index contributed by atoms with van der Waals surface area (Å²) in [6.45, 7) is 12.9. The Morgan fingerprint density at radius 2 is 1.67 bits per heavy atom. The number of thioether (sulfide) groups is 1. The van der Waals surface area contributed by atoms with Crippen molar-refractivity contribution in [1.29, 1.82) is 0 Å². The minimum absolute atomic E-state index is 0.105. The first kappa shape index (κ1) is 45.8. The van der Waals surface area contributed by atoms with Gasteiger partial charge in [-0.05, 0) is 147 Å². The molecule has 2 N–H and O–H groups in total. The van der Waals surface area contributed by atoms with Crippen LogP contribution in [-0.4, -0.2) is 97.5 Å². The lowest BCUT2D eigenvalue weighted by Crippen LogP contribution is -2.47. The highest BCUT2D eigenvalue weighted by atomic mass is 35.5. The van der Waals surface area contributed by atoms with Crippen molar-refractivity contribution >= 4 is 67.3 Å². The topological polar surface area (TPSA) is 125 Å². The number of carbonyl (C=O) groups excluding carboxylic acids is 1. The van der Waals surface area contributed by atoms with Crippen LogP contribution in [0.3, 0.4) is 0 Å². The minimum atomic E-state index is -4.40. The van der Waals surface area contributed by atoms with E-state index < -0.39 is 27.0 Å². The molecule has 1 amide bonds. The highest BCUT2D eigenvalue weighted by Crippen LogP contribution is 2.43. The van der Waals surface area contributed by atoms with Crippen molar-refractivity contribution in [2.45, 2.75) is 73.6 Å². The maximum absolute atomic E-state index is 13.5. The van der Waals surface area contributed by atoms with E-state index >= 15 is 0 Å². The smallest absolute Gasteiger partial charge is 0.264 e. The first-order valence-corrected chi connectivity index (χ1v) is 24.6. The van der Waals surface area contributed by atoms with Crippen LogP contribution in [0.5, 0.6) is 0 Å². The van der Waals surface area contributed by atoms with Crippen molar-refractivity contribution in [2.24, 2.45) is 5.41 Å². The molecule has 0 saturated carbocycles. The molecular weight excluding hydrogens is 834 g/mol. The highest BCUT2D eigenvalue weighted by molar-refractivity contribution is 7.99. The molecule has 2 atom stereocenters. The third-order valence-corrected chi connectivity index (χ3v) is 14.8.